The number of hydrogen-bond acceptors (Lipinski definition) is 8. The molecule has 0 atom stereocenters. The molecule has 2 fully saturated rings. The summed E-state index contributed by atoms with van der Waals surface area (Å²) in [6, 6.07) is 6.58. The minimum Gasteiger partial charge on any atom is -0.469 e. The first kappa shape index (κ1) is 20.2. The van der Waals surface area contributed by atoms with Crippen LogP contribution >= 0.6 is 0 Å². The summed E-state index contributed by atoms with van der Waals surface area (Å²) >= 11 is 0. The quantitative estimate of drug-likeness (QED) is 0.760. The molecule has 1 aromatic carbocycles. The lowest BCUT2D eigenvalue weighted by molar-refractivity contribution is -0.146. The SMILES string of the molecule is COC(=O)C1CCN(c2ncnc(N3CCN(c4ccc(F)cc4)CC3)c2N)CC1. The maximum absolute atomic E-state index is 13.2. The Labute approximate surface area is 175 Å². The maximum Gasteiger partial charge on any atom is 0.308 e. The van der Waals surface area contributed by atoms with Crippen molar-refractivity contribution in [2.75, 3.05) is 66.8 Å². The number of carbonyl (C=O) groups is 1. The van der Waals surface area contributed by atoms with Gasteiger partial charge in [0.25, 0.3) is 0 Å². The third-order valence-corrected chi connectivity index (χ3v) is 5.94. The molecule has 4 rings (SSSR count). The highest BCUT2D eigenvalue weighted by atomic mass is 19.1. The molecule has 30 heavy (non-hydrogen) atoms. The number of rotatable bonds is 4. The maximum atomic E-state index is 13.2. The van der Waals surface area contributed by atoms with Gasteiger partial charge in [0.1, 0.15) is 17.8 Å². The predicted molar refractivity (Wildman–Crippen MR) is 114 cm³/mol. The summed E-state index contributed by atoms with van der Waals surface area (Å²) < 4.78 is 18.0. The molecule has 1 aromatic heterocycles. The smallest absolute Gasteiger partial charge is 0.308 e. The van der Waals surface area contributed by atoms with Gasteiger partial charge in [-0.15, -0.1) is 0 Å². The van der Waals surface area contributed by atoms with Gasteiger partial charge in [-0.25, -0.2) is 14.4 Å². The van der Waals surface area contributed by atoms with Crippen molar-refractivity contribution in [3.63, 3.8) is 0 Å². The Hall–Kier alpha value is -3.10. The molecule has 2 N–H and O–H groups in total. The van der Waals surface area contributed by atoms with Gasteiger partial charge in [-0.3, -0.25) is 4.79 Å². The van der Waals surface area contributed by atoms with Crippen molar-refractivity contribution in [2.24, 2.45) is 5.92 Å². The molecule has 2 aromatic rings. The van der Waals surface area contributed by atoms with Gasteiger partial charge >= 0.3 is 5.97 Å². The van der Waals surface area contributed by atoms with Crippen LogP contribution in [0.4, 0.5) is 27.4 Å². The van der Waals surface area contributed by atoms with Crippen LogP contribution in [0, 0.1) is 11.7 Å². The van der Waals surface area contributed by atoms with Crippen molar-refractivity contribution < 1.29 is 13.9 Å². The second-order valence-electron chi connectivity index (χ2n) is 7.67. The Morgan fingerprint density at radius 3 is 2.07 bits per heavy atom. The summed E-state index contributed by atoms with van der Waals surface area (Å²) in [7, 11) is 1.43. The number of carbonyl (C=O) groups excluding carboxylic acids is 1. The summed E-state index contributed by atoms with van der Waals surface area (Å²) in [5, 5.41) is 0. The number of nitrogen functional groups attached to an aromatic ring is 1. The molecule has 0 amide bonds. The van der Waals surface area contributed by atoms with Crippen molar-refractivity contribution in [3.05, 3.63) is 36.4 Å². The van der Waals surface area contributed by atoms with Gasteiger partial charge in [0.2, 0.25) is 0 Å². The molecule has 0 radical (unpaired) electrons. The average Bonchev–Trinajstić information content (AvgIpc) is 2.79. The lowest BCUT2D eigenvalue weighted by atomic mass is 9.97. The van der Waals surface area contributed by atoms with E-state index in [1.165, 1.54) is 19.2 Å². The van der Waals surface area contributed by atoms with Crippen LogP contribution in [0.15, 0.2) is 30.6 Å². The van der Waals surface area contributed by atoms with E-state index in [1.807, 2.05) is 0 Å². The van der Waals surface area contributed by atoms with Gasteiger partial charge in [0.15, 0.2) is 11.6 Å². The Balaban J connectivity index is 1.41. The van der Waals surface area contributed by atoms with Crippen LogP contribution < -0.4 is 20.4 Å². The zero-order chi connectivity index (χ0) is 21.1. The summed E-state index contributed by atoms with van der Waals surface area (Å²) in [6.07, 6.45) is 3.00. The third-order valence-electron chi connectivity index (χ3n) is 5.94. The van der Waals surface area contributed by atoms with Gasteiger partial charge in [0.05, 0.1) is 13.0 Å². The van der Waals surface area contributed by atoms with E-state index in [0.29, 0.717) is 18.8 Å². The van der Waals surface area contributed by atoms with Crippen LogP contribution in [0.1, 0.15) is 12.8 Å². The zero-order valence-corrected chi connectivity index (χ0v) is 17.1. The molecule has 0 aliphatic carbocycles. The zero-order valence-electron chi connectivity index (χ0n) is 17.1. The minimum absolute atomic E-state index is 0.0617. The Kier molecular flexibility index (Phi) is 5.87. The molecule has 2 aliphatic rings. The molecule has 0 saturated carbocycles. The Bertz CT molecular complexity index is 878. The number of methoxy groups -OCH3 is 1. The van der Waals surface area contributed by atoms with Crippen LogP contribution in [0.5, 0.6) is 0 Å². The van der Waals surface area contributed by atoms with E-state index in [1.54, 1.807) is 18.5 Å². The van der Waals surface area contributed by atoms with E-state index in [2.05, 4.69) is 24.7 Å². The van der Waals surface area contributed by atoms with Crippen molar-refractivity contribution >= 4 is 29.0 Å². The van der Waals surface area contributed by atoms with E-state index in [4.69, 9.17) is 10.5 Å². The number of nitrogens with zero attached hydrogens (tertiary/aromatic N) is 5. The topological polar surface area (TPSA) is 87.8 Å². The van der Waals surface area contributed by atoms with Crippen LogP contribution in [-0.2, 0) is 9.53 Å². The summed E-state index contributed by atoms with van der Waals surface area (Å²) in [5.41, 5.74) is 8.06. The number of aromatic nitrogens is 2. The van der Waals surface area contributed by atoms with E-state index < -0.39 is 0 Å². The monoisotopic (exact) mass is 414 g/mol. The first-order valence-electron chi connectivity index (χ1n) is 10.3. The van der Waals surface area contributed by atoms with Gasteiger partial charge in [-0.05, 0) is 37.1 Å². The molecule has 160 valence electrons. The van der Waals surface area contributed by atoms with Gasteiger partial charge in [0, 0.05) is 45.0 Å². The largest absolute Gasteiger partial charge is 0.469 e. The summed E-state index contributed by atoms with van der Waals surface area (Å²) in [4.78, 5) is 27.1. The highest BCUT2D eigenvalue weighted by Crippen LogP contribution is 2.32. The van der Waals surface area contributed by atoms with Gasteiger partial charge in [-0.2, -0.15) is 0 Å². The number of benzene rings is 1. The predicted octanol–water partition coefficient (Wildman–Crippen LogP) is 1.91. The highest BCUT2D eigenvalue weighted by molar-refractivity contribution is 5.77. The number of anilines is 4. The third kappa shape index (κ3) is 4.10. The number of hydrogen-bond donors (Lipinski definition) is 1. The molecule has 2 aliphatic heterocycles. The number of piperidine rings is 1. The number of halogens is 1. The normalized spacial score (nSPS) is 17.9. The fourth-order valence-electron chi connectivity index (χ4n) is 4.20. The summed E-state index contributed by atoms with van der Waals surface area (Å²) in [6.45, 7) is 4.55. The fraction of sp³-hybridized carbons (Fsp3) is 0.476. The van der Waals surface area contributed by atoms with E-state index in [9.17, 15) is 9.18 Å². The van der Waals surface area contributed by atoms with Crippen molar-refractivity contribution in [1.29, 1.82) is 0 Å². The molecule has 8 nitrogen and oxygen atoms in total. The molecular formula is C21H27FN6O2. The van der Waals surface area contributed by atoms with Crippen LogP contribution in [0.25, 0.3) is 0 Å². The first-order valence-corrected chi connectivity index (χ1v) is 10.3. The van der Waals surface area contributed by atoms with Crippen LogP contribution in [0.2, 0.25) is 0 Å². The highest BCUT2D eigenvalue weighted by Gasteiger charge is 2.29. The number of nitrogens with two attached hydrogens (primary N) is 1. The second-order valence-corrected chi connectivity index (χ2v) is 7.67. The van der Waals surface area contributed by atoms with Crippen LogP contribution in [0.3, 0.4) is 0 Å². The van der Waals surface area contributed by atoms with Crippen molar-refractivity contribution in [2.45, 2.75) is 12.8 Å². The number of piperazine rings is 1. The Morgan fingerprint density at radius 1 is 0.967 bits per heavy atom. The molecule has 2 saturated heterocycles. The standard InChI is InChI=1S/C21H27FN6O2/c1-30-21(29)15-6-8-27(9-7-15)19-18(23)20(25-14-24-19)28-12-10-26(11-13-28)17-4-2-16(22)3-5-17/h2-5,14-15H,6-13,23H2,1H3. The van der Waals surface area contributed by atoms with E-state index in [-0.39, 0.29) is 17.7 Å². The molecule has 0 spiro atoms. The lowest BCUT2D eigenvalue weighted by Crippen LogP contribution is -2.47. The fourth-order valence-corrected chi connectivity index (χ4v) is 4.20. The molecular weight excluding hydrogens is 387 g/mol. The van der Waals surface area contributed by atoms with E-state index >= 15 is 0 Å². The lowest BCUT2D eigenvalue weighted by Gasteiger charge is -2.38. The minimum atomic E-state index is -0.228. The van der Waals surface area contributed by atoms with Gasteiger partial charge < -0.3 is 25.2 Å². The molecule has 3 heterocycles. The average molecular weight is 414 g/mol. The van der Waals surface area contributed by atoms with Crippen LogP contribution in [-0.4, -0.2) is 62.3 Å². The first-order chi connectivity index (χ1) is 14.6. The molecule has 9 heteroatoms. The number of ether oxygens (including phenoxy) is 1. The summed E-state index contributed by atoms with van der Waals surface area (Å²) in [5.74, 6) is 1.03. The molecule has 0 unspecified atom stereocenters. The number of esters is 1. The molecule has 0 bridgehead atoms. The second kappa shape index (κ2) is 8.73. The Morgan fingerprint density at radius 2 is 1.50 bits per heavy atom. The van der Waals surface area contributed by atoms with Gasteiger partial charge in [-0.1, -0.05) is 0 Å². The van der Waals surface area contributed by atoms with Crippen molar-refractivity contribution in [1.82, 2.24) is 9.97 Å². The van der Waals surface area contributed by atoms with E-state index in [0.717, 1.165) is 56.3 Å². The van der Waals surface area contributed by atoms with Crippen molar-refractivity contribution in [3.8, 4) is 0 Å².